The van der Waals surface area contributed by atoms with Gasteiger partial charge >= 0.3 is 0 Å². The van der Waals surface area contributed by atoms with Crippen molar-refractivity contribution in [3.8, 4) is 0 Å². The van der Waals surface area contributed by atoms with Crippen LogP contribution in [0.25, 0.3) is 0 Å². The van der Waals surface area contributed by atoms with Crippen LogP contribution in [0.3, 0.4) is 0 Å². The number of hydrogen-bond donors (Lipinski definition) is 2. The minimum Gasteiger partial charge on any atom is -0.388 e. The molecular weight excluding hydrogens is 358 g/mol. The van der Waals surface area contributed by atoms with E-state index in [4.69, 9.17) is 0 Å². The molecule has 0 saturated carbocycles. The lowest BCUT2D eigenvalue weighted by Gasteiger charge is -2.47. The Balaban J connectivity index is 1.57. The SMILES string of the molecule is O[C@@H](c1ccccc1)[C@@H]1CN(CCc2ccccc2)CC[C@@]1(O)c1ccccc1. The Morgan fingerprint density at radius 3 is 2.10 bits per heavy atom. The van der Waals surface area contributed by atoms with E-state index in [2.05, 4.69) is 29.2 Å². The second-order valence-electron chi connectivity index (χ2n) is 8.04. The van der Waals surface area contributed by atoms with Crippen LogP contribution in [0, 0.1) is 5.92 Å². The fourth-order valence-corrected chi connectivity index (χ4v) is 4.50. The molecule has 3 heteroatoms. The Labute approximate surface area is 173 Å². The van der Waals surface area contributed by atoms with Gasteiger partial charge in [0.15, 0.2) is 0 Å². The van der Waals surface area contributed by atoms with E-state index in [1.54, 1.807) is 0 Å². The molecule has 1 aliphatic rings. The van der Waals surface area contributed by atoms with Crippen molar-refractivity contribution < 1.29 is 10.2 Å². The van der Waals surface area contributed by atoms with E-state index in [1.807, 2.05) is 66.7 Å². The van der Waals surface area contributed by atoms with E-state index in [0.29, 0.717) is 13.0 Å². The second-order valence-corrected chi connectivity index (χ2v) is 8.04. The van der Waals surface area contributed by atoms with Gasteiger partial charge in [0.1, 0.15) is 0 Å². The fourth-order valence-electron chi connectivity index (χ4n) is 4.50. The highest BCUT2D eigenvalue weighted by molar-refractivity contribution is 5.28. The van der Waals surface area contributed by atoms with Gasteiger partial charge in [0, 0.05) is 25.6 Å². The largest absolute Gasteiger partial charge is 0.388 e. The number of aliphatic hydroxyl groups is 2. The first-order chi connectivity index (χ1) is 14.2. The molecule has 0 unspecified atom stereocenters. The van der Waals surface area contributed by atoms with Gasteiger partial charge in [-0.3, -0.25) is 0 Å². The Morgan fingerprint density at radius 1 is 0.862 bits per heavy atom. The Kier molecular flexibility index (Phi) is 6.10. The molecule has 3 atom stereocenters. The Morgan fingerprint density at radius 2 is 1.45 bits per heavy atom. The zero-order valence-electron chi connectivity index (χ0n) is 16.7. The standard InChI is InChI=1S/C26H29NO2/c28-25(22-12-6-2-7-13-22)24-20-27(18-16-21-10-4-1-5-11-21)19-17-26(24,29)23-14-8-3-9-15-23/h1-15,24-25,28-29H,16-20H2/t24-,25-,26+/m0/s1. The van der Waals surface area contributed by atoms with Crippen LogP contribution < -0.4 is 0 Å². The first-order valence-corrected chi connectivity index (χ1v) is 10.4. The summed E-state index contributed by atoms with van der Waals surface area (Å²) in [5, 5.41) is 23.0. The van der Waals surface area contributed by atoms with Gasteiger partial charge in [-0.25, -0.2) is 0 Å². The van der Waals surface area contributed by atoms with Crippen molar-refractivity contribution >= 4 is 0 Å². The minimum atomic E-state index is -1.04. The number of nitrogens with zero attached hydrogens (tertiary/aromatic N) is 1. The highest BCUT2D eigenvalue weighted by atomic mass is 16.3. The highest BCUT2D eigenvalue weighted by Gasteiger charge is 2.46. The average molecular weight is 388 g/mol. The van der Waals surface area contributed by atoms with Gasteiger partial charge in [-0.2, -0.15) is 0 Å². The molecule has 1 saturated heterocycles. The van der Waals surface area contributed by atoms with Crippen molar-refractivity contribution in [3.63, 3.8) is 0 Å². The van der Waals surface area contributed by atoms with Crippen LogP contribution >= 0.6 is 0 Å². The molecule has 3 nitrogen and oxygen atoms in total. The van der Waals surface area contributed by atoms with Crippen LogP contribution in [-0.4, -0.2) is 34.7 Å². The molecule has 150 valence electrons. The summed E-state index contributed by atoms with van der Waals surface area (Å²) in [6, 6.07) is 30.0. The van der Waals surface area contributed by atoms with Gasteiger partial charge in [0.25, 0.3) is 0 Å². The molecule has 3 aromatic rings. The molecular formula is C26H29NO2. The molecule has 0 bridgehead atoms. The number of likely N-dealkylation sites (tertiary alicyclic amines) is 1. The molecule has 4 rings (SSSR count). The molecule has 0 radical (unpaired) electrons. The van der Waals surface area contributed by atoms with E-state index in [1.165, 1.54) is 5.56 Å². The number of aliphatic hydroxyl groups excluding tert-OH is 1. The zero-order chi connectivity index (χ0) is 20.1. The van der Waals surface area contributed by atoms with Gasteiger partial charge in [-0.05, 0) is 29.5 Å². The lowest BCUT2D eigenvalue weighted by Crippen LogP contribution is -2.52. The van der Waals surface area contributed by atoms with Gasteiger partial charge in [0.05, 0.1) is 11.7 Å². The third-order valence-corrected chi connectivity index (χ3v) is 6.23. The topological polar surface area (TPSA) is 43.7 Å². The van der Waals surface area contributed by atoms with Crippen LogP contribution in [0.1, 0.15) is 29.2 Å². The van der Waals surface area contributed by atoms with Gasteiger partial charge < -0.3 is 15.1 Å². The number of hydrogen-bond acceptors (Lipinski definition) is 3. The lowest BCUT2D eigenvalue weighted by molar-refractivity contribution is -0.122. The number of piperidine rings is 1. The van der Waals surface area contributed by atoms with Crippen LogP contribution in [0.15, 0.2) is 91.0 Å². The molecule has 29 heavy (non-hydrogen) atoms. The van der Waals surface area contributed by atoms with Crippen LogP contribution in [0.4, 0.5) is 0 Å². The molecule has 0 spiro atoms. The summed E-state index contributed by atoms with van der Waals surface area (Å²) in [6.07, 6.45) is 0.861. The maximum Gasteiger partial charge on any atom is 0.0977 e. The maximum atomic E-state index is 11.8. The minimum absolute atomic E-state index is 0.295. The molecule has 1 heterocycles. The van der Waals surface area contributed by atoms with E-state index >= 15 is 0 Å². The first-order valence-electron chi connectivity index (χ1n) is 10.4. The van der Waals surface area contributed by atoms with Crippen LogP contribution in [0.5, 0.6) is 0 Å². The molecule has 3 aromatic carbocycles. The summed E-state index contributed by atoms with van der Waals surface area (Å²) in [4.78, 5) is 2.38. The number of rotatable bonds is 6. The predicted molar refractivity (Wildman–Crippen MR) is 116 cm³/mol. The smallest absolute Gasteiger partial charge is 0.0977 e. The summed E-state index contributed by atoms with van der Waals surface area (Å²) in [6.45, 7) is 2.40. The third-order valence-electron chi connectivity index (χ3n) is 6.23. The van der Waals surface area contributed by atoms with Crippen molar-refractivity contribution in [3.05, 3.63) is 108 Å². The fraction of sp³-hybridized carbons (Fsp3) is 0.308. The molecule has 1 fully saturated rings. The molecule has 2 N–H and O–H groups in total. The van der Waals surface area contributed by atoms with Gasteiger partial charge in [-0.1, -0.05) is 91.0 Å². The van der Waals surface area contributed by atoms with Crippen molar-refractivity contribution in [1.29, 1.82) is 0 Å². The van der Waals surface area contributed by atoms with Crippen molar-refractivity contribution in [2.75, 3.05) is 19.6 Å². The van der Waals surface area contributed by atoms with E-state index in [-0.39, 0.29) is 5.92 Å². The summed E-state index contributed by atoms with van der Waals surface area (Å²) in [5.41, 5.74) is 2.02. The Bertz CT molecular complexity index is 884. The maximum absolute atomic E-state index is 11.8. The quantitative estimate of drug-likeness (QED) is 0.667. The summed E-state index contributed by atoms with van der Waals surface area (Å²) in [7, 11) is 0. The monoisotopic (exact) mass is 387 g/mol. The van der Waals surface area contributed by atoms with Crippen molar-refractivity contribution in [2.24, 2.45) is 5.92 Å². The molecule has 1 aliphatic heterocycles. The normalized spacial score (nSPS) is 23.6. The molecule has 0 amide bonds. The highest BCUT2D eigenvalue weighted by Crippen LogP contribution is 2.43. The summed E-state index contributed by atoms with van der Waals surface area (Å²) in [5.74, 6) is -0.295. The van der Waals surface area contributed by atoms with Crippen molar-refractivity contribution in [2.45, 2.75) is 24.5 Å². The summed E-state index contributed by atoms with van der Waals surface area (Å²) < 4.78 is 0. The summed E-state index contributed by atoms with van der Waals surface area (Å²) >= 11 is 0. The van der Waals surface area contributed by atoms with Crippen molar-refractivity contribution in [1.82, 2.24) is 4.90 Å². The lowest BCUT2D eigenvalue weighted by atomic mass is 9.72. The third kappa shape index (κ3) is 4.43. The van der Waals surface area contributed by atoms with E-state index in [9.17, 15) is 10.2 Å². The second kappa shape index (κ2) is 8.91. The molecule has 0 aliphatic carbocycles. The number of benzene rings is 3. The molecule has 0 aromatic heterocycles. The van der Waals surface area contributed by atoms with Crippen LogP contribution in [-0.2, 0) is 12.0 Å². The van der Waals surface area contributed by atoms with Crippen LogP contribution in [0.2, 0.25) is 0 Å². The zero-order valence-corrected chi connectivity index (χ0v) is 16.7. The first kappa shape index (κ1) is 19.8. The predicted octanol–water partition coefficient (Wildman–Crippen LogP) is 4.17. The van der Waals surface area contributed by atoms with Gasteiger partial charge in [0.2, 0.25) is 0 Å². The Hall–Kier alpha value is -2.46. The average Bonchev–Trinajstić information content (AvgIpc) is 2.80. The van der Waals surface area contributed by atoms with Gasteiger partial charge in [-0.15, -0.1) is 0 Å². The van der Waals surface area contributed by atoms with E-state index < -0.39 is 11.7 Å². The van der Waals surface area contributed by atoms with E-state index in [0.717, 1.165) is 30.6 Å².